The highest BCUT2D eigenvalue weighted by Crippen LogP contribution is 2.31. The maximum Gasteiger partial charge on any atom is 0.133 e. The molecule has 0 spiro atoms. The number of nitrogens with zero attached hydrogens (tertiary/aromatic N) is 2. The Hall–Kier alpha value is -0.630. The van der Waals surface area contributed by atoms with Crippen LogP contribution in [0, 0.1) is 0 Å². The van der Waals surface area contributed by atoms with E-state index in [0.29, 0.717) is 11.1 Å². The summed E-state index contributed by atoms with van der Waals surface area (Å²) >= 11 is 5.77. The average Bonchev–Trinajstić information content (AvgIpc) is 2.56. The van der Waals surface area contributed by atoms with Gasteiger partial charge in [-0.25, -0.2) is 9.97 Å². The van der Waals surface area contributed by atoms with Gasteiger partial charge in [-0.2, -0.15) is 0 Å². The molecule has 2 nitrogen and oxygen atoms in total. The lowest BCUT2D eigenvalue weighted by Crippen LogP contribution is -1.99. The van der Waals surface area contributed by atoms with E-state index in [-0.39, 0.29) is 0 Å². The van der Waals surface area contributed by atoms with E-state index in [2.05, 4.69) is 9.97 Å². The lowest BCUT2D eigenvalue weighted by Gasteiger charge is -2.05. The van der Waals surface area contributed by atoms with Crippen molar-refractivity contribution in [2.75, 3.05) is 0 Å². The zero-order valence-electron chi connectivity index (χ0n) is 6.83. The molecule has 0 atom stereocenters. The topological polar surface area (TPSA) is 25.8 Å². The van der Waals surface area contributed by atoms with Crippen LogP contribution in [0.3, 0.4) is 0 Å². The van der Waals surface area contributed by atoms with Crippen molar-refractivity contribution in [2.24, 2.45) is 0 Å². The molecule has 0 radical (unpaired) electrons. The van der Waals surface area contributed by atoms with Gasteiger partial charge in [0.15, 0.2) is 0 Å². The van der Waals surface area contributed by atoms with E-state index in [4.69, 9.17) is 11.6 Å². The summed E-state index contributed by atoms with van der Waals surface area (Å²) in [5.41, 5.74) is 0. The summed E-state index contributed by atoms with van der Waals surface area (Å²) in [4.78, 5) is 8.44. The second-order valence-electron chi connectivity index (χ2n) is 3.22. The van der Waals surface area contributed by atoms with E-state index in [0.717, 1.165) is 5.82 Å². The van der Waals surface area contributed by atoms with Crippen LogP contribution in [0.25, 0.3) is 0 Å². The van der Waals surface area contributed by atoms with Gasteiger partial charge >= 0.3 is 0 Å². The summed E-state index contributed by atoms with van der Waals surface area (Å²) in [6, 6.07) is 1.72. The summed E-state index contributed by atoms with van der Waals surface area (Å²) in [7, 11) is 0. The molecule has 64 valence electrons. The first-order chi connectivity index (χ1) is 5.86. The molecule has 1 aromatic rings. The average molecular weight is 183 g/mol. The van der Waals surface area contributed by atoms with Gasteiger partial charge in [0.05, 0.1) is 0 Å². The molecule has 0 saturated heterocycles. The van der Waals surface area contributed by atoms with Gasteiger partial charge in [0.1, 0.15) is 11.0 Å². The molecule has 1 fully saturated rings. The van der Waals surface area contributed by atoms with E-state index in [1.165, 1.54) is 25.7 Å². The fourth-order valence-electron chi connectivity index (χ4n) is 1.73. The van der Waals surface area contributed by atoms with Crippen LogP contribution in [0.5, 0.6) is 0 Å². The Morgan fingerprint density at radius 1 is 1.33 bits per heavy atom. The molecule has 1 saturated carbocycles. The molecule has 1 aliphatic rings. The Kier molecular flexibility index (Phi) is 2.26. The van der Waals surface area contributed by atoms with Crippen LogP contribution < -0.4 is 0 Å². The molecule has 0 amide bonds. The third kappa shape index (κ3) is 1.58. The van der Waals surface area contributed by atoms with Gasteiger partial charge < -0.3 is 0 Å². The quantitative estimate of drug-likeness (QED) is 0.625. The minimum absolute atomic E-state index is 0.559. The second kappa shape index (κ2) is 3.40. The molecule has 2 rings (SSSR count). The van der Waals surface area contributed by atoms with E-state index in [1.807, 2.05) is 0 Å². The van der Waals surface area contributed by atoms with E-state index >= 15 is 0 Å². The first-order valence-corrected chi connectivity index (χ1v) is 4.72. The Balaban J connectivity index is 2.21. The fraction of sp³-hybridized carbons (Fsp3) is 0.556. The predicted octanol–water partition coefficient (Wildman–Crippen LogP) is 2.79. The highest BCUT2D eigenvalue weighted by molar-refractivity contribution is 6.29. The zero-order chi connectivity index (χ0) is 8.39. The highest BCUT2D eigenvalue weighted by atomic mass is 35.5. The van der Waals surface area contributed by atoms with Crippen LogP contribution in [-0.4, -0.2) is 9.97 Å². The van der Waals surface area contributed by atoms with Crippen LogP contribution >= 0.6 is 11.6 Å². The van der Waals surface area contributed by atoms with Crippen molar-refractivity contribution >= 4 is 11.6 Å². The van der Waals surface area contributed by atoms with Crippen molar-refractivity contribution < 1.29 is 0 Å². The van der Waals surface area contributed by atoms with Crippen molar-refractivity contribution in [3.05, 3.63) is 23.2 Å². The summed E-state index contributed by atoms with van der Waals surface area (Å²) in [6.07, 6.45) is 6.80. The number of halogens is 1. The summed E-state index contributed by atoms with van der Waals surface area (Å²) < 4.78 is 0. The Labute approximate surface area is 77.0 Å². The van der Waals surface area contributed by atoms with E-state index in [1.54, 1.807) is 12.3 Å². The minimum Gasteiger partial charge on any atom is -0.241 e. The van der Waals surface area contributed by atoms with Crippen molar-refractivity contribution in [3.63, 3.8) is 0 Å². The Bertz CT molecular complexity index is 269. The van der Waals surface area contributed by atoms with Crippen LogP contribution in [-0.2, 0) is 0 Å². The molecule has 0 bridgehead atoms. The molecule has 0 unspecified atom stereocenters. The summed E-state index contributed by atoms with van der Waals surface area (Å²) in [5.74, 6) is 1.49. The SMILES string of the molecule is Clc1ccnc(C2CCCC2)n1. The zero-order valence-corrected chi connectivity index (χ0v) is 7.59. The van der Waals surface area contributed by atoms with Gasteiger partial charge in [-0.15, -0.1) is 0 Å². The van der Waals surface area contributed by atoms with Crippen molar-refractivity contribution in [1.29, 1.82) is 0 Å². The third-order valence-corrected chi connectivity index (χ3v) is 2.57. The lowest BCUT2D eigenvalue weighted by molar-refractivity contribution is 0.667. The van der Waals surface area contributed by atoms with Crippen molar-refractivity contribution in [1.82, 2.24) is 9.97 Å². The standard InChI is InChI=1S/C9H11ClN2/c10-8-5-6-11-9(12-8)7-3-1-2-4-7/h5-7H,1-4H2. The predicted molar refractivity (Wildman–Crippen MR) is 48.3 cm³/mol. The normalized spacial score (nSPS) is 18.4. The Morgan fingerprint density at radius 2 is 2.08 bits per heavy atom. The van der Waals surface area contributed by atoms with Crippen LogP contribution in [0.15, 0.2) is 12.3 Å². The van der Waals surface area contributed by atoms with E-state index < -0.39 is 0 Å². The Morgan fingerprint density at radius 3 is 2.75 bits per heavy atom. The van der Waals surface area contributed by atoms with Gasteiger partial charge in [0.2, 0.25) is 0 Å². The van der Waals surface area contributed by atoms with Gasteiger partial charge in [0, 0.05) is 12.1 Å². The summed E-state index contributed by atoms with van der Waals surface area (Å²) in [6.45, 7) is 0. The minimum atomic E-state index is 0.559. The summed E-state index contributed by atoms with van der Waals surface area (Å²) in [5, 5.41) is 0.562. The molecular formula is C9H11ClN2. The largest absolute Gasteiger partial charge is 0.241 e. The highest BCUT2D eigenvalue weighted by Gasteiger charge is 2.19. The molecular weight excluding hydrogens is 172 g/mol. The van der Waals surface area contributed by atoms with Gasteiger partial charge in [-0.05, 0) is 18.9 Å². The monoisotopic (exact) mass is 182 g/mol. The molecule has 1 aromatic heterocycles. The first kappa shape index (κ1) is 7.99. The molecule has 3 heteroatoms. The van der Waals surface area contributed by atoms with Crippen molar-refractivity contribution in [3.8, 4) is 0 Å². The fourth-order valence-corrected chi connectivity index (χ4v) is 1.87. The van der Waals surface area contributed by atoms with Crippen LogP contribution in [0.4, 0.5) is 0 Å². The van der Waals surface area contributed by atoms with Gasteiger partial charge in [-0.3, -0.25) is 0 Å². The number of hydrogen-bond acceptors (Lipinski definition) is 2. The molecule has 0 aromatic carbocycles. The molecule has 1 aliphatic carbocycles. The van der Waals surface area contributed by atoms with Crippen LogP contribution in [0.1, 0.15) is 37.4 Å². The molecule has 12 heavy (non-hydrogen) atoms. The van der Waals surface area contributed by atoms with Crippen molar-refractivity contribution in [2.45, 2.75) is 31.6 Å². The maximum absolute atomic E-state index is 5.77. The first-order valence-electron chi connectivity index (χ1n) is 4.35. The smallest absolute Gasteiger partial charge is 0.133 e. The second-order valence-corrected chi connectivity index (χ2v) is 3.61. The molecule has 0 aliphatic heterocycles. The van der Waals surface area contributed by atoms with Crippen LogP contribution in [0.2, 0.25) is 5.15 Å². The lowest BCUT2D eigenvalue weighted by atomic mass is 10.1. The van der Waals surface area contributed by atoms with E-state index in [9.17, 15) is 0 Å². The maximum atomic E-state index is 5.77. The number of hydrogen-bond donors (Lipinski definition) is 0. The molecule has 0 N–H and O–H groups in total. The third-order valence-electron chi connectivity index (χ3n) is 2.36. The number of aromatic nitrogens is 2. The van der Waals surface area contributed by atoms with Gasteiger partial charge in [-0.1, -0.05) is 24.4 Å². The molecule has 1 heterocycles. The number of rotatable bonds is 1. The van der Waals surface area contributed by atoms with Gasteiger partial charge in [0.25, 0.3) is 0 Å².